The predicted molar refractivity (Wildman–Crippen MR) is 129 cm³/mol. The lowest BCUT2D eigenvalue weighted by atomic mass is 9.95. The zero-order valence-electron chi connectivity index (χ0n) is 18.0. The molecule has 1 unspecified atom stereocenters. The first-order valence-corrected chi connectivity index (χ1v) is 12.4. The highest BCUT2D eigenvalue weighted by Crippen LogP contribution is 2.43. The van der Waals surface area contributed by atoms with Crippen LogP contribution in [0, 0.1) is 0 Å². The van der Waals surface area contributed by atoms with Crippen molar-refractivity contribution >= 4 is 38.3 Å². The van der Waals surface area contributed by atoms with Crippen molar-refractivity contribution in [2.75, 3.05) is 18.0 Å². The van der Waals surface area contributed by atoms with Gasteiger partial charge in [-0.1, -0.05) is 25.3 Å². The van der Waals surface area contributed by atoms with E-state index in [0.717, 1.165) is 45.9 Å². The Morgan fingerprint density at radius 3 is 2.81 bits per heavy atom. The minimum absolute atomic E-state index is 0.129. The Morgan fingerprint density at radius 2 is 1.97 bits per heavy atom. The smallest absolute Gasteiger partial charge is 0.261 e. The van der Waals surface area contributed by atoms with Crippen LogP contribution in [-0.4, -0.2) is 43.8 Å². The van der Waals surface area contributed by atoms with Crippen LogP contribution in [0.1, 0.15) is 51.0 Å². The van der Waals surface area contributed by atoms with Gasteiger partial charge in [0.1, 0.15) is 10.4 Å². The monoisotopic (exact) mass is 449 g/mol. The highest BCUT2D eigenvalue weighted by Gasteiger charge is 2.25. The molecule has 4 aromatic rings. The number of hydrogen-bond donors (Lipinski definition) is 2. The molecule has 4 heterocycles. The van der Waals surface area contributed by atoms with Crippen LogP contribution in [0.25, 0.3) is 32.4 Å². The predicted octanol–water partition coefficient (Wildman–Crippen LogP) is 4.47. The number of β-amino-alcohol motifs (C(OH)–C–C–N with tert-alkyl or cyclic N) is 1. The Labute approximate surface area is 189 Å². The first-order valence-electron chi connectivity index (χ1n) is 11.6. The van der Waals surface area contributed by atoms with Gasteiger partial charge in [0.2, 0.25) is 0 Å². The number of hydrogen-bond acceptors (Lipinski definition) is 6. The molecule has 8 heteroatoms. The second-order valence-corrected chi connectivity index (χ2v) is 10.1. The number of aromatic nitrogens is 4. The van der Waals surface area contributed by atoms with Crippen molar-refractivity contribution in [2.45, 2.75) is 57.1 Å². The van der Waals surface area contributed by atoms with Crippen LogP contribution in [0.4, 0.5) is 5.00 Å². The van der Waals surface area contributed by atoms with E-state index in [1.807, 2.05) is 6.33 Å². The van der Waals surface area contributed by atoms with Crippen molar-refractivity contribution < 1.29 is 5.11 Å². The Hall–Kier alpha value is -2.71. The minimum atomic E-state index is -0.361. The molecule has 1 aromatic carbocycles. The van der Waals surface area contributed by atoms with Crippen LogP contribution in [0.3, 0.4) is 0 Å². The van der Waals surface area contributed by atoms with Crippen LogP contribution < -0.4 is 10.5 Å². The molecule has 32 heavy (non-hydrogen) atoms. The first-order chi connectivity index (χ1) is 15.7. The number of anilines is 1. The van der Waals surface area contributed by atoms with Gasteiger partial charge >= 0.3 is 0 Å². The number of nitrogens with one attached hydrogen (secondary N) is 1. The Morgan fingerprint density at radius 1 is 1.09 bits per heavy atom. The fraction of sp³-hybridized carbons (Fsp3) is 0.458. The summed E-state index contributed by atoms with van der Waals surface area (Å²) in [6.07, 6.45) is 11.2. The van der Waals surface area contributed by atoms with E-state index in [1.54, 1.807) is 11.3 Å². The zero-order chi connectivity index (χ0) is 21.7. The molecule has 0 radical (unpaired) electrons. The van der Waals surface area contributed by atoms with Crippen LogP contribution in [-0.2, 0) is 0 Å². The number of nitrogens with zero attached hydrogens (tertiary/aromatic N) is 4. The normalized spacial score (nSPS) is 20.4. The Kier molecular flexibility index (Phi) is 4.99. The highest BCUT2D eigenvalue weighted by atomic mass is 32.1. The average molecular weight is 450 g/mol. The number of imidazole rings is 1. The maximum absolute atomic E-state index is 12.8. The molecule has 6 rings (SSSR count). The van der Waals surface area contributed by atoms with E-state index >= 15 is 0 Å². The third-order valence-electron chi connectivity index (χ3n) is 6.97. The van der Waals surface area contributed by atoms with Crippen LogP contribution >= 0.6 is 11.3 Å². The second-order valence-electron chi connectivity index (χ2n) is 9.08. The minimum Gasteiger partial charge on any atom is -0.391 e. The highest BCUT2D eigenvalue weighted by molar-refractivity contribution is 7.21. The van der Waals surface area contributed by atoms with Gasteiger partial charge in [0.05, 0.1) is 40.2 Å². The molecule has 7 nitrogen and oxygen atoms in total. The van der Waals surface area contributed by atoms with Crippen LogP contribution in [0.15, 0.2) is 35.6 Å². The summed E-state index contributed by atoms with van der Waals surface area (Å²) in [7, 11) is 0. The number of benzene rings is 1. The number of fused-ring (bicyclic) bond motifs is 2. The summed E-state index contributed by atoms with van der Waals surface area (Å²) in [5.41, 5.74) is 3.78. The summed E-state index contributed by atoms with van der Waals surface area (Å²) in [6, 6.07) is 6.96. The molecule has 2 N–H and O–H groups in total. The van der Waals surface area contributed by atoms with Gasteiger partial charge in [-0.25, -0.2) is 9.97 Å². The Bertz CT molecular complexity index is 1330. The number of rotatable bonds is 3. The lowest BCUT2D eigenvalue weighted by Crippen LogP contribution is -2.38. The number of aliphatic hydroxyl groups excluding tert-OH is 1. The van der Waals surface area contributed by atoms with Crippen LogP contribution in [0.5, 0.6) is 0 Å². The number of piperidine rings is 1. The lowest BCUT2D eigenvalue weighted by Gasteiger charge is -2.30. The van der Waals surface area contributed by atoms with Gasteiger partial charge in [-0.15, -0.1) is 11.3 Å². The average Bonchev–Trinajstić information content (AvgIpc) is 3.42. The molecule has 1 saturated heterocycles. The Balaban J connectivity index is 1.45. The maximum atomic E-state index is 12.8. The SMILES string of the molecule is O=c1[nH]cnc2c(-c3ccc4c(c3)ncn4C3CCCCC3)sc(N3CCCC(O)C3)c12. The molecule has 1 atom stereocenters. The number of H-pyrrole nitrogens is 1. The van der Waals surface area contributed by atoms with Crippen molar-refractivity contribution in [3.63, 3.8) is 0 Å². The van der Waals surface area contributed by atoms with Gasteiger partial charge in [-0.2, -0.15) is 0 Å². The summed E-state index contributed by atoms with van der Waals surface area (Å²) in [4.78, 5) is 27.9. The van der Waals surface area contributed by atoms with E-state index in [0.29, 0.717) is 18.0 Å². The topological polar surface area (TPSA) is 87.0 Å². The first kappa shape index (κ1) is 19.9. The van der Waals surface area contributed by atoms with Gasteiger partial charge in [0.25, 0.3) is 5.56 Å². The molecule has 0 spiro atoms. The van der Waals surface area contributed by atoms with E-state index in [-0.39, 0.29) is 11.7 Å². The van der Waals surface area contributed by atoms with Crippen molar-refractivity contribution in [1.82, 2.24) is 19.5 Å². The molecule has 0 bridgehead atoms. The standard InChI is InChI=1S/C24H27N5O2S/c30-17-7-4-10-28(12-17)24-20-21(25-13-26-23(20)31)22(32-24)15-8-9-19-18(11-15)27-14-29(19)16-5-2-1-3-6-16/h8-9,11,13-14,16-17,30H,1-7,10,12H2,(H,25,26,31). The molecule has 1 aliphatic carbocycles. The maximum Gasteiger partial charge on any atom is 0.261 e. The van der Waals surface area contributed by atoms with E-state index in [1.165, 1.54) is 43.9 Å². The van der Waals surface area contributed by atoms with Crippen molar-refractivity contribution in [3.8, 4) is 10.4 Å². The van der Waals surface area contributed by atoms with Gasteiger partial charge < -0.3 is 19.6 Å². The number of aliphatic hydroxyl groups is 1. The molecule has 0 amide bonds. The van der Waals surface area contributed by atoms with Gasteiger partial charge in [0, 0.05) is 19.1 Å². The van der Waals surface area contributed by atoms with E-state index < -0.39 is 0 Å². The summed E-state index contributed by atoms with van der Waals surface area (Å²) in [6.45, 7) is 1.39. The van der Waals surface area contributed by atoms with Gasteiger partial charge in [-0.3, -0.25) is 4.79 Å². The molecule has 1 saturated carbocycles. The molecule has 166 valence electrons. The third-order valence-corrected chi connectivity index (χ3v) is 8.26. The molecular weight excluding hydrogens is 422 g/mol. The lowest BCUT2D eigenvalue weighted by molar-refractivity contribution is 0.154. The fourth-order valence-electron chi connectivity index (χ4n) is 5.35. The quantitative estimate of drug-likeness (QED) is 0.482. The molecule has 2 fully saturated rings. The van der Waals surface area contributed by atoms with Crippen molar-refractivity contribution in [1.29, 1.82) is 0 Å². The fourth-order valence-corrected chi connectivity index (χ4v) is 6.62. The number of aromatic amines is 1. The van der Waals surface area contributed by atoms with Gasteiger partial charge in [-0.05, 0) is 43.4 Å². The molecular formula is C24H27N5O2S. The van der Waals surface area contributed by atoms with Crippen molar-refractivity contribution in [3.05, 3.63) is 41.2 Å². The van der Waals surface area contributed by atoms with Gasteiger partial charge in [0.15, 0.2) is 0 Å². The molecule has 1 aliphatic heterocycles. The van der Waals surface area contributed by atoms with E-state index in [2.05, 4.69) is 37.6 Å². The second kappa shape index (κ2) is 8.01. The van der Waals surface area contributed by atoms with E-state index in [9.17, 15) is 9.90 Å². The molecule has 2 aliphatic rings. The molecule has 3 aromatic heterocycles. The number of thiophene rings is 1. The van der Waals surface area contributed by atoms with E-state index in [4.69, 9.17) is 4.98 Å². The summed E-state index contributed by atoms with van der Waals surface area (Å²) >= 11 is 1.59. The van der Waals surface area contributed by atoms with Crippen LogP contribution in [0.2, 0.25) is 0 Å². The summed E-state index contributed by atoms with van der Waals surface area (Å²) < 4.78 is 2.34. The summed E-state index contributed by atoms with van der Waals surface area (Å²) in [5.74, 6) is 0. The largest absolute Gasteiger partial charge is 0.391 e. The zero-order valence-corrected chi connectivity index (χ0v) is 18.8. The third kappa shape index (κ3) is 3.33. The van der Waals surface area contributed by atoms with Crippen molar-refractivity contribution in [2.24, 2.45) is 0 Å². The summed E-state index contributed by atoms with van der Waals surface area (Å²) in [5, 5.41) is 11.7.